The van der Waals surface area contributed by atoms with Crippen molar-refractivity contribution in [2.24, 2.45) is 0 Å². The number of hydrogen-bond acceptors (Lipinski definition) is 0. The molecular formula is C17H17N. The van der Waals surface area contributed by atoms with Crippen LogP contribution in [-0.4, -0.2) is 4.98 Å². The van der Waals surface area contributed by atoms with Crippen molar-refractivity contribution in [1.82, 2.24) is 4.98 Å². The van der Waals surface area contributed by atoms with Crippen LogP contribution in [0.4, 0.5) is 0 Å². The molecule has 0 radical (unpaired) electrons. The van der Waals surface area contributed by atoms with Gasteiger partial charge in [0.2, 0.25) is 0 Å². The van der Waals surface area contributed by atoms with Crippen LogP contribution in [0.3, 0.4) is 0 Å². The lowest BCUT2D eigenvalue weighted by atomic mass is 10.1. The van der Waals surface area contributed by atoms with Crippen LogP contribution in [0.15, 0.2) is 48.5 Å². The Morgan fingerprint density at radius 2 is 1.61 bits per heavy atom. The summed E-state index contributed by atoms with van der Waals surface area (Å²) in [6, 6.07) is 17.2. The van der Waals surface area contributed by atoms with Crippen molar-refractivity contribution in [3.63, 3.8) is 0 Å². The van der Waals surface area contributed by atoms with E-state index in [2.05, 4.69) is 67.4 Å². The number of hydrogen-bond donors (Lipinski definition) is 1. The Kier molecular flexibility index (Phi) is 2.67. The number of H-pyrrole nitrogens is 1. The first-order valence-corrected chi connectivity index (χ1v) is 6.36. The van der Waals surface area contributed by atoms with Crippen molar-refractivity contribution < 1.29 is 0 Å². The minimum atomic E-state index is 0.967. The van der Waals surface area contributed by atoms with E-state index in [-0.39, 0.29) is 0 Å². The Morgan fingerprint density at radius 1 is 0.889 bits per heavy atom. The minimum Gasteiger partial charge on any atom is -0.358 e. The second-order valence-electron chi connectivity index (χ2n) is 4.94. The van der Waals surface area contributed by atoms with Crippen LogP contribution in [0.5, 0.6) is 0 Å². The fourth-order valence-electron chi connectivity index (χ4n) is 2.47. The van der Waals surface area contributed by atoms with Gasteiger partial charge in [-0.2, -0.15) is 0 Å². The lowest BCUT2D eigenvalue weighted by Gasteiger charge is -1.99. The summed E-state index contributed by atoms with van der Waals surface area (Å²) >= 11 is 0. The Balaban J connectivity index is 2.04. The Bertz CT molecular complexity index is 638. The topological polar surface area (TPSA) is 15.8 Å². The molecule has 3 aromatic rings. The van der Waals surface area contributed by atoms with Crippen molar-refractivity contribution >= 4 is 10.9 Å². The Labute approximate surface area is 107 Å². The second kappa shape index (κ2) is 4.34. The predicted octanol–water partition coefficient (Wildman–Crippen LogP) is 4.38. The monoisotopic (exact) mass is 235 g/mol. The van der Waals surface area contributed by atoms with Crippen LogP contribution in [0.2, 0.25) is 0 Å². The SMILES string of the molecule is Cc1ccc(C)c2[nH]c(Cc3ccccc3)cc12. The summed E-state index contributed by atoms with van der Waals surface area (Å²) in [7, 11) is 0. The number of aromatic nitrogens is 1. The molecule has 90 valence electrons. The zero-order chi connectivity index (χ0) is 12.5. The Hall–Kier alpha value is -2.02. The summed E-state index contributed by atoms with van der Waals surface area (Å²) in [5.74, 6) is 0. The van der Waals surface area contributed by atoms with E-state index in [9.17, 15) is 0 Å². The maximum absolute atomic E-state index is 3.55. The Morgan fingerprint density at radius 3 is 2.33 bits per heavy atom. The molecule has 1 nitrogen and oxygen atoms in total. The number of aryl methyl sites for hydroxylation is 2. The fraction of sp³-hybridized carbons (Fsp3) is 0.176. The summed E-state index contributed by atoms with van der Waals surface area (Å²) in [6.07, 6.45) is 0.967. The lowest BCUT2D eigenvalue weighted by Crippen LogP contribution is -1.87. The van der Waals surface area contributed by atoms with E-state index >= 15 is 0 Å². The molecule has 1 heterocycles. The third-order valence-corrected chi connectivity index (χ3v) is 3.51. The van der Waals surface area contributed by atoms with Crippen LogP contribution in [-0.2, 0) is 6.42 Å². The molecule has 1 aromatic heterocycles. The molecule has 0 spiro atoms. The summed E-state index contributed by atoms with van der Waals surface area (Å²) < 4.78 is 0. The van der Waals surface area contributed by atoms with Gasteiger partial charge in [-0.25, -0.2) is 0 Å². The standard InChI is InChI=1S/C17H17N/c1-12-8-9-13(2)17-16(12)11-15(18-17)10-14-6-4-3-5-7-14/h3-9,11,18H,10H2,1-2H3. The van der Waals surface area contributed by atoms with Crippen molar-refractivity contribution in [2.45, 2.75) is 20.3 Å². The molecule has 2 aromatic carbocycles. The third-order valence-electron chi connectivity index (χ3n) is 3.51. The average Bonchev–Trinajstić information content (AvgIpc) is 2.80. The molecule has 0 aliphatic rings. The normalized spacial score (nSPS) is 11.0. The van der Waals surface area contributed by atoms with Crippen LogP contribution in [0.1, 0.15) is 22.4 Å². The van der Waals surface area contributed by atoms with Crippen molar-refractivity contribution in [3.05, 3.63) is 70.9 Å². The van der Waals surface area contributed by atoms with Gasteiger partial charge < -0.3 is 4.98 Å². The number of nitrogens with one attached hydrogen (secondary N) is 1. The number of benzene rings is 2. The molecule has 1 heteroatoms. The first-order chi connectivity index (χ1) is 8.74. The van der Waals surface area contributed by atoms with Crippen LogP contribution >= 0.6 is 0 Å². The van der Waals surface area contributed by atoms with Gasteiger partial charge in [0.1, 0.15) is 0 Å². The third kappa shape index (κ3) is 1.92. The molecule has 0 unspecified atom stereocenters. The smallest absolute Gasteiger partial charge is 0.0488 e. The van der Waals surface area contributed by atoms with Crippen LogP contribution in [0.25, 0.3) is 10.9 Å². The van der Waals surface area contributed by atoms with Gasteiger partial charge in [-0.05, 0) is 36.6 Å². The molecule has 0 aliphatic carbocycles. The van der Waals surface area contributed by atoms with E-state index < -0.39 is 0 Å². The van der Waals surface area contributed by atoms with Gasteiger partial charge in [-0.3, -0.25) is 0 Å². The highest BCUT2D eigenvalue weighted by Gasteiger charge is 2.06. The quantitative estimate of drug-likeness (QED) is 0.678. The molecule has 18 heavy (non-hydrogen) atoms. The summed E-state index contributed by atoms with van der Waals surface area (Å²) in [5.41, 5.74) is 6.56. The summed E-state index contributed by atoms with van der Waals surface area (Å²) in [6.45, 7) is 4.33. The molecular weight excluding hydrogens is 218 g/mol. The summed E-state index contributed by atoms with van der Waals surface area (Å²) in [4.78, 5) is 3.55. The van der Waals surface area contributed by atoms with Gasteiger partial charge in [0, 0.05) is 23.0 Å². The highest BCUT2D eigenvalue weighted by Crippen LogP contribution is 2.23. The van der Waals surface area contributed by atoms with Gasteiger partial charge in [0.15, 0.2) is 0 Å². The highest BCUT2D eigenvalue weighted by molar-refractivity contribution is 5.86. The zero-order valence-corrected chi connectivity index (χ0v) is 10.8. The maximum Gasteiger partial charge on any atom is 0.0488 e. The van der Waals surface area contributed by atoms with Gasteiger partial charge in [-0.1, -0.05) is 42.5 Å². The maximum atomic E-state index is 3.55. The lowest BCUT2D eigenvalue weighted by molar-refractivity contribution is 1.12. The molecule has 0 saturated heterocycles. The second-order valence-corrected chi connectivity index (χ2v) is 4.94. The van der Waals surface area contributed by atoms with E-state index in [1.165, 1.54) is 33.3 Å². The molecule has 0 bridgehead atoms. The molecule has 0 aliphatic heterocycles. The van der Waals surface area contributed by atoms with E-state index in [0.717, 1.165) is 6.42 Å². The van der Waals surface area contributed by atoms with Gasteiger partial charge >= 0.3 is 0 Å². The van der Waals surface area contributed by atoms with E-state index in [1.807, 2.05) is 0 Å². The molecule has 0 amide bonds. The first kappa shape index (κ1) is 11.1. The van der Waals surface area contributed by atoms with Crippen LogP contribution in [0, 0.1) is 13.8 Å². The predicted molar refractivity (Wildman–Crippen MR) is 77.0 cm³/mol. The molecule has 1 N–H and O–H groups in total. The molecule has 0 atom stereocenters. The summed E-state index contributed by atoms with van der Waals surface area (Å²) in [5, 5.41) is 1.35. The minimum absolute atomic E-state index is 0.967. The van der Waals surface area contributed by atoms with E-state index in [0.29, 0.717) is 0 Å². The van der Waals surface area contributed by atoms with Gasteiger partial charge in [0.05, 0.1) is 0 Å². The van der Waals surface area contributed by atoms with Crippen molar-refractivity contribution in [3.8, 4) is 0 Å². The van der Waals surface area contributed by atoms with Crippen LogP contribution < -0.4 is 0 Å². The van der Waals surface area contributed by atoms with E-state index in [4.69, 9.17) is 0 Å². The fourth-order valence-corrected chi connectivity index (χ4v) is 2.47. The molecule has 3 rings (SSSR count). The van der Waals surface area contributed by atoms with Crippen molar-refractivity contribution in [1.29, 1.82) is 0 Å². The van der Waals surface area contributed by atoms with Gasteiger partial charge in [-0.15, -0.1) is 0 Å². The average molecular weight is 235 g/mol. The number of fused-ring (bicyclic) bond motifs is 1. The number of rotatable bonds is 2. The molecule has 0 fully saturated rings. The first-order valence-electron chi connectivity index (χ1n) is 6.36. The van der Waals surface area contributed by atoms with Gasteiger partial charge in [0.25, 0.3) is 0 Å². The largest absolute Gasteiger partial charge is 0.358 e. The van der Waals surface area contributed by atoms with E-state index in [1.54, 1.807) is 0 Å². The zero-order valence-electron chi connectivity index (χ0n) is 10.8. The number of aromatic amines is 1. The van der Waals surface area contributed by atoms with Crippen molar-refractivity contribution in [2.75, 3.05) is 0 Å². The molecule has 0 saturated carbocycles. The highest BCUT2D eigenvalue weighted by atomic mass is 14.7.